The summed E-state index contributed by atoms with van der Waals surface area (Å²) in [6.07, 6.45) is 1.02. The van der Waals surface area contributed by atoms with Crippen LogP contribution >= 0.6 is 0 Å². The molecule has 1 unspecified atom stereocenters. The number of nitrogens with zero attached hydrogens (tertiary/aromatic N) is 1. The minimum absolute atomic E-state index is 0.0229. The maximum atomic E-state index is 14.0. The molecule has 0 saturated carbocycles. The molecule has 0 amide bonds. The summed E-state index contributed by atoms with van der Waals surface area (Å²) in [6, 6.07) is 10.4. The van der Waals surface area contributed by atoms with E-state index in [0.717, 1.165) is 12.3 Å². The second-order valence-electron chi connectivity index (χ2n) is 8.57. The van der Waals surface area contributed by atoms with Gasteiger partial charge in [0.05, 0.1) is 19.1 Å². The van der Waals surface area contributed by atoms with Crippen molar-refractivity contribution in [3.63, 3.8) is 0 Å². The molecule has 0 saturated heterocycles. The van der Waals surface area contributed by atoms with E-state index in [0.29, 0.717) is 16.7 Å². The first-order valence-electron chi connectivity index (χ1n) is 10.6. The number of hydroxylamine groups is 1. The Labute approximate surface area is 208 Å². The molecule has 1 aliphatic carbocycles. The third-order valence-electron chi connectivity index (χ3n) is 5.60. The number of anilines is 2. The topological polar surface area (TPSA) is 163 Å². The Morgan fingerprint density at radius 1 is 1.25 bits per heavy atom. The minimum atomic E-state index is -4.39. The van der Waals surface area contributed by atoms with E-state index in [9.17, 15) is 26.7 Å². The van der Waals surface area contributed by atoms with Crippen LogP contribution in [0, 0.1) is 0 Å². The van der Waals surface area contributed by atoms with E-state index in [1.165, 1.54) is 19.2 Å². The molecule has 1 aliphatic heterocycles. The lowest BCUT2D eigenvalue weighted by atomic mass is 9.72. The van der Waals surface area contributed by atoms with Crippen molar-refractivity contribution in [3.8, 4) is 0 Å². The Balaban J connectivity index is 1.90. The van der Waals surface area contributed by atoms with Crippen molar-refractivity contribution < 1.29 is 31.6 Å². The summed E-state index contributed by atoms with van der Waals surface area (Å²) in [5.41, 5.74) is 2.29. The molecule has 1 heterocycles. The Morgan fingerprint density at radius 3 is 2.58 bits per heavy atom. The molecule has 11 nitrogen and oxygen atoms in total. The highest BCUT2D eigenvalue weighted by molar-refractivity contribution is 7.92. The molecule has 4 N–H and O–H groups in total. The fourth-order valence-corrected chi connectivity index (χ4v) is 6.05. The number of fused-ring (bicyclic) bond motifs is 2. The summed E-state index contributed by atoms with van der Waals surface area (Å²) in [4.78, 5) is 18.9. The number of hydrogen-bond acceptors (Lipinski definition) is 9. The van der Waals surface area contributed by atoms with Gasteiger partial charge in [-0.05, 0) is 37.1 Å². The van der Waals surface area contributed by atoms with E-state index < -0.39 is 37.1 Å². The average molecular weight is 533 g/mol. The van der Waals surface area contributed by atoms with E-state index in [1.807, 2.05) is 0 Å². The number of sulfonamides is 2. The van der Waals surface area contributed by atoms with Gasteiger partial charge >= 0.3 is 0 Å². The van der Waals surface area contributed by atoms with Crippen molar-refractivity contribution in [1.29, 1.82) is 0 Å². The zero-order valence-electron chi connectivity index (χ0n) is 19.6. The highest BCUT2D eigenvalue weighted by Crippen LogP contribution is 2.43. The Kier molecular flexibility index (Phi) is 6.29. The van der Waals surface area contributed by atoms with Crippen LogP contribution in [-0.2, 0) is 35.2 Å². The number of nitrogens with one attached hydrogen (secondary N) is 3. The number of Topliss-reactive ketones (excluding diaryl/α,β-unsaturated/α-hetero) is 1. The molecule has 2 aromatic rings. The van der Waals surface area contributed by atoms with Crippen LogP contribution in [0.25, 0.3) is 5.76 Å². The van der Waals surface area contributed by atoms with Crippen LogP contribution < -0.4 is 15.5 Å². The number of aliphatic hydroxyl groups is 1. The van der Waals surface area contributed by atoms with Crippen molar-refractivity contribution in [1.82, 2.24) is 5.48 Å². The van der Waals surface area contributed by atoms with Gasteiger partial charge in [0, 0.05) is 11.3 Å². The normalized spacial score (nSPS) is 20.6. The van der Waals surface area contributed by atoms with Gasteiger partial charge in [0.15, 0.2) is 11.6 Å². The third kappa shape index (κ3) is 4.41. The lowest BCUT2D eigenvalue weighted by Crippen LogP contribution is -2.53. The Hall–Kier alpha value is -3.52. The van der Waals surface area contributed by atoms with E-state index in [4.69, 9.17) is 4.84 Å². The van der Waals surface area contributed by atoms with Crippen LogP contribution in [0.15, 0.2) is 69.5 Å². The largest absolute Gasteiger partial charge is 0.506 e. The first-order valence-corrected chi connectivity index (χ1v) is 13.9. The number of amidine groups is 1. The smallest absolute Gasteiger partial charge is 0.286 e. The minimum Gasteiger partial charge on any atom is -0.506 e. The SMILES string of the molecule is C=C(C)CC1(NOC)C(=O)C(C2=NS(=O)(=O)c3cc(NS(C)(=O)=O)ccc3N2)=C(O)c2ccccc21. The lowest BCUT2D eigenvalue weighted by molar-refractivity contribution is -0.128. The van der Waals surface area contributed by atoms with Crippen molar-refractivity contribution >= 4 is 48.8 Å². The Morgan fingerprint density at radius 2 is 1.94 bits per heavy atom. The summed E-state index contributed by atoms with van der Waals surface area (Å²) in [6.45, 7) is 5.64. The molecule has 1 atom stereocenters. The zero-order chi connectivity index (χ0) is 26.5. The standard InChI is InChI=1S/C23H24N4O7S2/c1-13(2)12-23(27-34-3)16-8-6-5-7-15(16)20(28)19(21(23)29)22-24-17-10-9-14(25-35(4,30)31)11-18(17)36(32,33)26-22/h5-11,25,27-28H,1,12H2,2-4H3,(H,24,26). The van der Waals surface area contributed by atoms with Crippen LogP contribution in [0.4, 0.5) is 11.4 Å². The predicted molar refractivity (Wildman–Crippen MR) is 135 cm³/mol. The van der Waals surface area contributed by atoms with Crippen molar-refractivity contribution in [2.45, 2.75) is 23.8 Å². The fourth-order valence-electron chi connectivity index (χ4n) is 4.34. The van der Waals surface area contributed by atoms with Crippen LogP contribution in [0.3, 0.4) is 0 Å². The molecule has 0 radical (unpaired) electrons. The van der Waals surface area contributed by atoms with Gasteiger partial charge in [0.1, 0.15) is 21.8 Å². The van der Waals surface area contributed by atoms with Crippen molar-refractivity contribution in [2.24, 2.45) is 4.40 Å². The molecule has 4 rings (SSSR count). The van der Waals surface area contributed by atoms with Gasteiger partial charge in [0.25, 0.3) is 10.0 Å². The van der Waals surface area contributed by atoms with Gasteiger partial charge < -0.3 is 15.3 Å². The van der Waals surface area contributed by atoms with E-state index >= 15 is 0 Å². The van der Waals surface area contributed by atoms with Gasteiger partial charge in [-0.25, -0.2) is 8.42 Å². The molecular weight excluding hydrogens is 508 g/mol. The molecular formula is C23H24N4O7S2. The molecule has 36 heavy (non-hydrogen) atoms. The molecule has 190 valence electrons. The monoisotopic (exact) mass is 532 g/mol. The van der Waals surface area contributed by atoms with Crippen LogP contribution in [0.5, 0.6) is 0 Å². The van der Waals surface area contributed by atoms with Crippen LogP contribution in [0.2, 0.25) is 0 Å². The van der Waals surface area contributed by atoms with Gasteiger partial charge in [-0.2, -0.15) is 13.9 Å². The van der Waals surface area contributed by atoms with E-state index in [1.54, 1.807) is 31.2 Å². The molecule has 0 spiro atoms. The molecule has 2 aromatic carbocycles. The van der Waals surface area contributed by atoms with Gasteiger partial charge in [0.2, 0.25) is 10.0 Å². The third-order valence-corrected chi connectivity index (χ3v) is 7.52. The predicted octanol–water partition coefficient (Wildman–Crippen LogP) is 2.44. The van der Waals surface area contributed by atoms with E-state index in [-0.39, 0.29) is 34.1 Å². The molecule has 0 bridgehead atoms. The number of carbonyl (C=O) groups is 1. The van der Waals surface area contributed by atoms with Gasteiger partial charge in [-0.15, -0.1) is 11.0 Å². The molecule has 0 aromatic heterocycles. The second kappa shape index (κ2) is 8.85. The first kappa shape index (κ1) is 25.6. The van der Waals surface area contributed by atoms with E-state index in [2.05, 4.69) is 26.5 Å². The van der Waals surface area contributed by atoms with Gasteiger partial charge in [-0.1, -0.05) is 29.8 Å². The zero-order valence-corrected chi connectivity index (χ0v) is 21.2. The number of rotatable bonds is 7. The first-order chi connectivity index (χ1) is 16.8. The van der Waals surface area contributed by atoms with Crippen LogP contribution in [0.1, 0.15) is 24.5 Å². The number of carbonyl (C=O) groups excluding carboxylic acids is 1. The second-order valence-corrected chi connectivity index (χ2v) is 11.9. The number of hydrogen-bond donors (Lipinski definition) is 4. The highest BCUT2D eigenvalue weighted by atomic mass is 32.2. The number of ketones is 1. The van der Waals surface area contributed by atoms with Crippen molar-refractivity contribution in [2.75, 3.05) is 23.4 Å². The Bertz CT molecular complexity index is 1580. The summed E-state index contributed by atoms with van der Waals surface area (Å²) in [5, 5.41) is 13.9. The fraction of sp³-hybridized carbons (Fsp3) is 0.217. The van der Waals surface area contributed by atoms with Gasteiger partial charge in [-0.3, -0.25) is 9.52 Å². The highest BCUT2D eigenvalue weighted by Gasteiger charge is 2.50. The quantitative estimate of drug-likeness (QED) is 0.310. The molecule has 0 fully saturated rings. The number of benzene rings is 2. The lowest BCUT2D eigenvalue weighted by Gasteiger charge is -2.38. The summed E-state index contributed by atoms with van der Waals surface area (Å²) in [5.74, 6) is -1.51. The summed E-state index contributed by atoms with van der Waals surface area (Å²) in [7, 11) is -6.70. The maximum absolute atomic E-state index is 14.0. The number of aliphatic hydroxyl groups excluding tert-OH is 1. The molecule has 13 heteroatoms. The molecule has 2 aliphatic rings. The summed E-state index contributed by atoms with van der Waals surface area (Å²) < 4.78 is 55.3. The maximum Gasteiger partial charge on any atom is 0.286 e. The average Bonchev–Trinajstić information content (AvgIpc) is 2.77. The van der Waals surface area contributed by atoms with Crippen molar-refractivity contribution in [3.05, 3.63) is 71.3 Å². The van der Waals surface area contributed by atoms with Crippen LogP contribution in [-0.4, -0.2) is 46.9 Å². The summed E-state index contributed by atoms with van der Waals surface area (Å²) >= 11 is 0.